The molecular formula is C14H23NO4. The fraction of sp³-hybridized carbons (Fsp3) is 0.857. The van der Waals surface area contributed by atoms with Gasteiger partial charge in [0, 0.05) is 19.5 Å². The molecule has 19 heavy (non-hydrogen) atoms. The Kier molecular flexibility index (Phi) is 4.80. The lowest BCUT2D eigenvalue weighted by Crippen LogP contribution is -2.40. The van der Waals surface area contributed by atoms with Crippen LogP contribution in [0.1, 0.15) is 45.4 Å². The first-order valence-corrected chi connectivity index (χ1v) is 7.22. The Balaban J connectivity index is 1.68. The fourth-order valence-electron chi connectivity index (χ4n) is 2.92. The summed E-state index contributed by atoms with van der Waals surface area (Å²) in [7, 11) is 0. The number of aliphatic carboxylic acids is 1. The minimum atomic E-state index is -0.736. The number of carbonyl (C=O) groups excluding carboxylic acids is 1. The van der Waals surface area contributed by atoms with Crippen LogP contribution >= 0.6 is 0 Å². The summed E-state index contributed by atoms with van der Waals surface area (Å²) in [5, 5.41) is 8.91. The number of ether oxygens (including phenoxy) is 1. The van der Waals surface area contributed by atoms with Crippen molar-refractivity contribution < 1.29 is 19.4 Å². The lowest BCUT2D eigenvalue weighted by atomic mass is 9.97. The summed E-state index contributed by atoms with van der Waals surface area (Å²) >= 11 is 0. The van der Waals surface area contributed by atoms with Crippen LogP contribution in [-0.2, 0) is 14.3 Å². The second-order valence-corrected chi connectivity index (χ2v) is 5.68. The first-order valence-electron chi connectivity index (χ1n) is 7.22. The van der Waals surface area contributed by atoms with Gasteiger partial charge in [0.2, 0.25) is 5.91 Å². The zero-order valence-electron chi connectivity index (χ0n) is 11.5. The van der Waals surface area contributed by atoms with Crippen LogP contribution in [0.4, 0.5) is 0 Å². The van der Waals surface area contributed by atoms with Crippen LogP contribution in [0.25, 0.3) is 0 Å². The zero-order chi connectivity index (χ0) is 13.8. The number of carboxylic acid groups (broad SMARTS) is 1. The van der Waals surface area contributed by atoms with Gasteiger partial charge in [-0.05, 0) is 39.0 Å². The summed E-state index contributed by atoms with van der Waals surface area (Å²) in [5.41, 5.74) is 0. The van der Waals surface area contributed by atoms with E-state index in [0.717, 1.165) is 19.3 Å². The van der Waals surface area contributed by atoms with E-state index >= 15 is 0 Å². The Morgan fingerprint density at radius 1 is 1.21 bits per heavy atom. The highest BCUT2D eigenvalue weighted by molar-refractivity contribution is 5.77. The van der Waals surface area contributed by atoms with Gasteiger partial charge in [0.1, 0.15) is 0 Å². The lowest BCUT2D eigenvalue weighted by molar-refractivity contribution is -0.145. The number of amides is 1. The molecule has 2 aliphatic heterocycles. The summed E-state index contributed by atoms with van der Waals surface area (Å²) in [5.74, 6) is -0.865. The van der Waals surface area contributed by atoms with E-state index in [-0.39, 0.29) is 17.9 Å². The summed E-state index contributed by atoms with van der Waals surface area (Å²) in [6.45, 7) is 3.23. The number of carbonyl (C=O) groups is 2. The van der Waals surface area contributed by atoms with Crippen LogP contribution in [0.3, 0.4) is 0 Å². The maximum atomic E-state index is 12.0. The van der Waals surface area contributed by atoms with Crippen LogP contribution in [0.2, 0.25) is 0 Å². The molecule has 2 heterocycles. The van der Waals surface area contributed by atoms with Gasteiger partial charge < -0.3 is 14.7 Å². The van der Waals surface area contributed by atoms with Crippen molar-refractivity contribution in [2.24, 2.45) is 5.92 Å². The van der Waals surface area contributed by atoms with Crippen molar-refractivity contribution in [2.45, 2.75) is 57.7 Å². The summed E-state index contributed by atoms with van der Waals surface area (Å²) < 4.78 is 5.70. The minimum Gasteiger partial charge on any atom is -0.481 e. The predicted molar refractivity (Wildman–Crippen MR) is 69.7 cm³/mol. The molecule has 2 atom stereocenters. The Labute approximate surface area is 113 Å². The topological polar surface area (TPSA) is 66.8 Å². The first kappa shape index (κ1) is 14.3. The van der Waals surface area contributed by atoms with Gasteiger partial charge >= 0.3 is 5.97 Å². The van der Waals surface area contributed by atoms with Crippen molar-refractivity contribution in [3.63, 3.8) is 0 Å². The van der Waals surface area contributed by atoms with Gasteiger partial charge in [0.25, 0.3) is 0 Å². The van der Waals surface area contributed by atoms with Gasteiger partial charge in [-0.1, -0.05) is 0 Å². The summed E-state index contributed by atoms with van der Waals surface area (Å²) in [4.78, 5) is 24.7. The number of piperidine rings is 1. The molecule has 0 radical (unpaired) electrons. The molecule has 0 aliphatic carbocycles. The molecule has 5 heteroatoms. The van der Waals surface area contributed by atoms with E-state index in [1.807, 2.05) is 0 Å². The predicted octanol–water partition coefficient (Wildman–Crippen LogP) is 1.66. The molecule has 2 aliphatic rings. The standard InChI is InChI=1S/C14H23NO4/c1-10-2-3-12(19-10)4-5-13(16)15-8-6-11(7-9-15)14(17)18/h10-12H,2-9H2,1H3,(H,17,18). The number of likely N-dealkylation sites (tertiary alicyclic amines) is 1. The molecule has 1 amide bonds. The molecule has 2 fully saturated rings. The van der Waals surface area contributed by atoms with E-state index in [9.17, 15) is 9.59 Å². The Morgan fingerprint density at radius 3 is 2.42 bits per heavy atom. The molecule has 0 bridgehead atoms. The van der Waals surface area contributed by atoms with Crippen molar-refractivity contribution >= 4 is 11.9 Å². The van der Waals surface area contributed by atoms with Gasteiger partial charge in [-0.2, -0.15) is 0 Å². The highest BCUT2D eigenvalue weighted by Crippen LogP contribution is 2.24. The maximum Gasteiger partial charge on any atom is 0.306 e. The normalized spacial score (nSPS) is 28.6. The third-order valence-electron chi connectivity index (χ3n) is 4.20. The van der Waals surface area contributed by atoms with Crippen LogP contribution in [0.15, 0.2) is 0 Å². The zero-order valence-corrected chi connectivity index (χ0v) is 11.5. The van der Waals surface area contributed by atoms with Gasteiger partial charge in [-0.25, -0.2) is 0 Å². The van der Waals surface area contributed by atoms with Crippen LogP contribution in [0, 0.1) is 5.92 Å². The molecule has 5 nitrogen and oxygen atoms in total. The van der Waals surface area contributed by atoms with E-state index in [4.69, 9.17) is 9.84 Å². The summed E-state index contributed by atoms with van der Waals surface area (Å²) in [6, 6.07) is 0. The maximum absolute atomic E-state index is 12.0. The van der Waals surface area contributed by atoms with Crippen molar-refractivity contribution in [3.8, 4) is 0 Å². The third-order valence-corrected chi connectivity index (χ3v) is 4.20. The van der Waals surface area contributed by atoms with Crippen molar-refractivity contribution in [1.82, 2.24) is 4.90 Å². The molecular weight excluding hydrogens is 246 g/mol. The quantitative estimate of drug-likeness (QED) is 0.843. The van der Waals surface area contributed by atoms with Crippen LogP contribution in [-0.4, -0.2) is 47.2 Å². The lowest BCUT2D eigenvalue weighted by Gasteiger charge is -2.30. The number of hydrogen-bond donors (Lipinski definition) is 1. The van der Waals surface area contributed by atoms with E-state index in [1.54, 1.807) is 4.90 Å². The molecule has 0 saturated carbocycles. The van der Waals surface area contributed by atoms with Crippen LogP contribution in [0.5, 0.6) is 0 Å². The van der Waals surface area contributed by atoms with Crippen molar-refractivity contribution in [3.05, 3.63) is 0 Å². The van der Waals surface area contributed by atoms with E-state index in [2.05, 4.69) is 6.92 Å². The Hall–Kier alpha value is -1.10. The molecule has 0 aromatic heterocycles. The molecule has 2 rings (SSSR count). The SMILES string of the molecule is CC1CCC(CCC(=O)N2CCC(C(=O)O)CC2)O1. The third kappa shape index (κ3) is 3.93. The van der Waals surface area contributed by atoms with Gasteiger partial charge in [-0.15, -0.1) is 0 Å². The van der Waals surface area contributed by atoms with Gasteiger partial charge in [0.15, 0.2) is 0 Å². The fourth-order valence-corrected chi connectivity index (χ4v) is 2.92. The van der Waals surface area contributed by atoms with Gasteiger partial charge in [0.05, 0.1) is 18.1 Å². The van der Waals surface area contributed by atoms with E-state index in [1.165, 1.54) is 0 Å². The molecule has 0 spiro atoms. The highest BCUT2D eigenvalue weighted by Gasteiger charge is 2.28. The summed E-state index contributed by atoms with van der Waals surface area (Å²) in [6.07, 6.45) is 5.17. The van der Waals surface area contributed by atoms with E-state index < -0.39 is 5.97 Å². The second-order valence-electron chi connectivity index (χ2n) is 5.68. The average molecular weight is 269 g/mol. The number of hydrogen-bond acceptors (Lipinski definition) is 3. The largest absolute Gasteiger partial charge is 0.481 e. The minimum absolute atomic E-state index is 0.145. The number of nitrogens with zero attached hydrogens (tertiary/aromatic N) is 1. The second kappa shape index (κ2) is 6.37. The molecule has 2 unspecified atom stereocenters. The molecule has 2 saturated heterocycles. The number of carboxylic acids is 1. The molecule has 108 valence electrons. The Morgan fingerprint density at radius 2 is 1.89 bits per heavy atom. The van der Waals surface area contributed by atoms with E-state index in [0.29, 0.717) is 38.5 Å². The monoisotopic (exact) mass is 269 g/mol. The van der Waals surface area contributed by atoms with Crippen molar-refractivity contribution in [2.75, 3.05) is 13.1 Å². The number of rotatable bonds is 4. The van der Waals surface area contributed by atoms with Crippen molar-refractivity contribution in [1.29, 1.82) is 0 Å². The first-order chi connectivity index (χ1) is 9.06. The van der Waals surface area contributed by atoms with Crippen LogP contribution < -0.4 is 0 Å². The van der Waals surface area contributed by atoms with Gasteiger partial charge in [-0.3, -0.25) is 9.59 Å². The smallest absolute Gasteiger partial charge is 0.306 e. The highest BCUT2D eigenvalue weighted by atomic mass is 16.5. The molecule has 0 aromatic rings. The molecule has 0 aromatic carbocycles. The average Bonchev–Trinajstić information content (AvgIpc) is 2.82. The Bertz CT molecular complexity index is 336. The molecule has 1 N–H and O–H groups in total.